The molecule has 1 aromatic rings. The number of carbonyl (C=O) groups is 1. The summed E-state index contributed by atoms with van der Waals surface area (Å²) in [6, 6.07) is 1.98. The van der Waals surface area contributed by atoms with Gasteiger partial charge in [-0.25, -0.2) is 0 Å². The Kier molecular flexibility index (Phi) is 6.43. The van der Waals surface area contributed by atoms with E-state index in [2.05, 4.69) is 26.6 Å². The Labute approximate surface area is 119 Å². The van der Waals surface area contributed by atoms with E-state index in [1.807, 2.05) is 11.4 Å². The molecule has 2 heterocycles. The topological polar surface area (TPSA) is 50.4 Å². The van der Waals surface area contributed by atoms with E-state index in [0.717, 1.165) is 15.9 Å². The summed E-state index contributed by atoms with van der Waals surface area (Å²) >= 11 is 5.05. The Hall–Kier alpha value is -0.140. The van der Waals surface area contributed by atoms with E-state index in [9.17, 15) is 4.79 Å². The monoisotopic (exact) mass is 340 g/mol. The molecule has 96 valence electrons. The molecule has 0 aromatic carbocycles. The zero-order chi connectivity index (χ0) is 11.4. The molecule has 0 spiro atoms. The van der Waals surface area contributed by atoms with Crippen molar-refractivity contribution < 1.29 is 9.53 Å². The second-order valence-corrected chi connectivity index (χ2v) is 5.33. The number of amides is 1. The van der Waals surface area contributed by atoms with Crippen LogP contribution in [0, 0.1) is 0 Å². The molecule has 1 saturated heterocycles. The third-order valence-electron chi connectivity index (χ3n) is 2.33. The van der Waals surface area contributed by atoms with Crippen molar-refractivity contribution in [3.63, 3.8) is 0 Å². The van der Waals surface area contributed by atoms with Crippen LogP contribution in [0.3, 0.4) is 0 Å². The minimum atomic E-state index is -0.354. The minimum absolute atomic E-state index is 0. The lowest BCUT2D eigenvalue weighted by molar-refractivity contribution is -0.134. The van der Waals surface area contributed by atoms with Crippen LogP contribution >= 0.6 is 39.7 Å². The molecular weight excluding hydrogens is 328 g/mol. The van der Waals surface area contributed by atoms with E-state index in [0.29, 0.717) is 19.7 Å². The summed E-state index contributed by atoms with van der Waals surface area (Å²) in [6.45, 7) is 2.56. The van der Waals surface area contributed by atoms with Crippen molar-refractivity contribution in [3.05, 3.63) is 20.8 Å². The van der Waals surface area contributed by atoms with E-state index in [-0.39, 0.29) is 24.4 Å². The third-order valence-corrected chi connectivity index (χ3v) is 4.26. The molecule has 1 atom stereocenters. The van der Waals surface area contributed by atoms with Crippen LogP contribution in [0.2, 0.25) is 0 Å². The van der Waals surface area contributed by atoms with Gasteiger partial charge >= 0.3 is 0 Å². The van der Waals surface area contributed by atoms with Crippen LogP contribution in [-0.2, 0) is 16.1 Å². The maximum absolute atomic E-state index is 11.7. The summed E-state index contributed by atoms with van der Waals surface area (Å²) < 4.78 is 6.40. The van der Waals surface area contributed by atoms with Gasteiger partial charge in [-0.05, 0) is 27.4 Å². The van der Waals surface area contributed by atoms with Crippen LogP contribution in [0.1, 0.15) is 4.88 Å². The number of thiophene rings is 1. The first-order valence-electron chi connectivity index (χ1n) is 5.09. The predicted molar refractivity (Wildman–Crippen MR) is 73.7 cm³/mol. The van der Waals surface area contributed by atoms with Crippen LogP contribution < -0.4 is 10.6 Å². The Morgan fingerprint density at radius 3 is 3.12 bits per heavy atom. The fraction of sp³-hybridized carbons (Fsp3) is 0.500. The van der Waals surface area contributed by atoms with Gasteiger partial charge in [0.25, 0.3) is 5.91 Å². The zero-order valence-electron chi connectivity index (χ0n) is 9.07. The second kappa shape index (κ2) is 7.33. The Morgan fingerprint density at radius 2 is 2.53 bits per heavy atom. The summed E-state index contributed by atoms with van der Waals surface area (Å²) in [6.07, 6.45) is -0.354. The highest BCUT2D eigenvalue weighted by atomic mass is 79.9. The molecule has 1 unspecified atom stereocenters. The lowest BCUT2D eigenvalue weighted by Crippen LogP contribution is -2.47. The van der Waals surface area contributed by atoms with Gasteiger partial charge in [0.15, 0.2) is 0 Å². The van der Waals surface area contributed by atoms with Gasteiger partial charge in [-0.2, -0.15) is 0 Å². The molecule has 2 N–H and O–H groups in total. The van der Waals surface area contributed by atoms with Gasteiger partial charge in [0, 0.05) is 22.4 Å². The average molecular weight is 342 g/mol. The first-order valence-corrected chi connectivity index (χ1v) is 6.76. The largest absolute Gasteiger partial charge is 0.366 e. The normalized spacial score (nSPS) is 19.5. The van der Waals surface area contributed by atoms with Crippen LogP contribution in [0.5, 0.6) is 0 Å². The van der Waals surface area contributed by atoms with Crippen LogP contribution in [0.25, 0.3) is 0 Å². The molecule has 17 heavy (non-hydrogen) atoms. The van der Waals surface area contributed by atoms with E-state index >= 15 is 0 Å². The first-order chi connectivity index (χ1) is 7.77. The van der Waals surface area contributed by atoms with Crippen molar-refractivity contribution >= 4 is 45.6 Å². The molecular formula is C10H14BrClN2O2S. The Balaban J connectivity index is 0.00000144. The van der Waals surface area contributed by atoms with E-state index in [4.69, 9.17) is 4.74 Å². The fourth-order valence-electron chi connectivity index (χ4n) is 1.47. The van der Waals surface area contributed by atoms with Crippen LogP contribution in [0.4, 0.5) is 0 Å². The molecule has 0 saturated carbocycles. The van der Waals surface area contributed by atoms with E-state index < -0.39 is 0 Å². The molecule has 2 rings (SSSR count). The number of nitrogens with one attached hydrogen (secondary N) is 2. The molecule has 1 aliphatic heterocycles. The Bertz CT molecular complexity index is 369. The van der Waals surface area contributed by atoms with Crippen molar-refractivity contribution in [3.8, 4) is 0 Å². The van der Waals surface area contributed by atoms with Gasteiger partial charge in [0.1, 0.15) is 6.10 Å². The summed E-state index contributed by atoms with van der Waals surface area (Å²) in [5, 5.41) is 7.99. The molecule has 1 aliphatic rings. The summed E-state index contributed by atoms with van der Waals surface area (Å²) in [4.78, 5) is 12.8. The van der Waals surface area contributed by atoms with E-state index in [1.54, 1.807) is 11.3 Å². The highest BCUT2D eigenvalue weighted by Gasteiger charge is 2.21. The highest BCUT2D eigenvalue weighted by molar-refractivity contribution is 9.10. The molecule has 1 fully saturated rings. The maximum atomic E-state index is 11.7. The SMILES string of the molecule is Cl.O=C(NCc1sccc1Br)C1CNCCO1. The second-order valence-electron chi connectivity index (χ2n) is 3.47. The van der Waals surface area contributed by atoms with Gasteiger partial charge in [0.2, 0.25) is 0 Å². The van der Waals surface area contributed by atoms with Crippen molar-refractivity contribution in [1.82, 2.24) is 10.6 Å². The number of ether oxygens (including phenoxy) is 1. The molecule has 0 aliphatic carbocycles. The van der Waals surface area contributed by atoms with Crippen LogP contribution in [-0.4, -0.2) is 31.7 Å². The van der Waals surface area contributed by atoms with Crippen molar-refractivity contribution in [2.45, 2.75) is 12.6 Å². The number of rotatable bonds is 3. The van der Waals surface area contributed by atoms with Crippen molar-refractivity contribution in [2.75, 3.05) is 19.7 Å². The average Bonchev–Trinajstić information content (AvgIpc) is 2.73. The fourth-order valence-corrected chi connectivity index (χ4v) is 2.90. The highest BCUT2D eigenvalue weighted by Crippen LogP contribution is 2.22. The predicted octanol–water partition coefficient (Wildman–Crippen LogP) is 1.54. The molecule has 7 heteroatoms. The summed E-state index contributed by atoms with van der Waals surface area (Å²) in [7, 11) is 0. The van der Waals surface area contributed by atoms with Gasteiger partial charge in [0.05, 0.1) is 13.2 Å². The minimum Gasteiger partial charge on any atom is -0.366 e. The van der Waals surface area contributed by atoms with Gasteiger partial charge < -0.3 is 15.4 Å². The molecule has 0 radical (unpaired) electrons. The molecule has 0 bridgehead atoms. The quantitative estimate of drug-likeness (QED) is 0.877. The van der Waals surface area contributed by atoms with Crippen molar-refractivity contribution in [1.29, 1.82) is 0 Å². The number of hydrogen-bond acceptors (Lipinski definition) is 4. The smallest absolute Gasteiger partial charge is 0.250 e. The van der Waals surface area contributed by atoms with Crippen molar-refractivity contribution in [2.24, 2.45) is 0 Å². The summed E-state index contributed by atoms with van der Waals surface area (Å²) in [5.74, 6) is -0.0486. The molecule has 1 aromatic heterocycles. The number of hydrogen-bond donors (Lipinski definition) is 2. The Morgan fingerprint density at radius 1 is 1.71 bits per heavy atom. The third kappa shape index (κ3) is 4.22. The number of halogens is 2. The number of morpholine rings is 1. The van der Waals surface area contributed by atoms with Gasteiger partial charge in [-0.1, -0.05) is 0 Å². The van der Waals surface area contributed by atoms with Gasteiger partial charge in [-0.15, -0.1) is 23.7 Å². The molecule has 1 amide bonds. The van der Waals surface area contributed by atoms with E-state index in [1.165, 1.54) is 0 Å². The first kappa shape index (κ1) is 14.9. The van der Waals surface area contributed by atoms with Gasteiger partial charge in [-0.3, -0.25) is 4.79 Å². The van der Waals surface area contributed by atoms with Crippen LogP contribution in [0.15, 0.2) is 15.9 Å². The zero-order valence-corrected chi connectivity index (χ0v) is 12.3. The lowest BCUT2D eigenvalue weighted by atomic mass is 10.3. The maximum Gasteiger partial charge on any atom is 0.250 e. The number of carbonyl (C=O) groups excluding carboxylic acids is 1. The lowest BCUT2D eigenvalue weighted by Gasteiger charge is -2.22. The summed E-state index contributed by atoms with van der Waals surface area (Å²) in [5.41, 5.74) is 0. The molecule has 4 nitrogen and oxygen atoms in total. The standard InChI is InChI=1S/C10H13BrN2O2S.ClH/c11-7-1-4-16-9(7)6-13-10(14)8-5-12-2-3-15-8;/h1,4,8,12H,2-3,5-6H2,(H,13,14);1H.